The summed E-state index contributed by atoms with van der Waals surface area (Å²) in [6.45, 7) is 17.6. The molecule has 62 heavy (non-hydrogen) atoms. The second-order valence-electron chi connectivity index (χ2n) is 19.4. The van der Waals surface area contributed by atoms with Crippen LogP contribution < -0.4 is 11.1 Å². The number of nitrogens with two attached hydrogens (primary N) is 1. The number of ether oxygens (including phenoxy) is 1. The molecule has 1 saturated heterocycles. The number of hydrogen-bond donors (Lipinski definition) is 5. The van der Waals surface area contributed by atoms with Crippen molar-refractivity contribution in [1.29, 1.82) is 5.41 Å². The number of amidine groups is 2. The quantitative estimate of drug-likeness (QED) is 0.0350. The Morgan fingerprint density at radius 1 is 1.03 bits per heavy atom. The fourth-order valence-corrected chi connectivity index (χ4v) is 13.7. The Bertz CT molecular complexity index is 2230. The van der Waals surface area contributed by atoms with Gasteiger partial charge in [-0.3, -0.25) is 10.1 Å². The van der Waals surface area contributed by atoms with Crippen LogP contribution in [0.3, 0.4) is 0 Å². The lowest BCUT2D eigenvalue weighted by Crippen LogP contribution is -2.60. The molecule has 2 aromatic heterocycles. The lowest BCUT2D eigenvalue weighted by molar-refractivity contribution is -0.198. The first kappa shape index (κ1) is 47.1. The zero-order chi connectivity index (χ0) is 43.7. The largest absolute Gasteiger partial charge is 0.480 e. The van der Waals surface area contributed by atoms with E-state index in [0.29, 0.717) is 57.4 Å². The first-order valence-electron chi connectivity index (χ1n) is 22.4. The molecular weight excluding hydrogens is 793 g/mol. The van der Waals surface area contributed by atoms with Crippen LogP contribution in [0.5, 0.6) is 0 Å². The summed E-state index contributed by atoms with van der Waals surface area (Å²) in [7, 11) is 4.03. The molecule has 4 heterocycles. The summed E-state index contributed by atoms with van der Waals surface area (Å²) in [6, 6.07) is 7.90. The number of hydrogen-bond acceptors (Lipinski definition) is 10. The molecule has 0 amide bonds. The van der Waals surface area contributed by atoms with Gasteiger partial charge in [-0.2, -0.15) is 5.10 Å². The molecule has 3 aromatic rings. The summed E-state index contributed by atoms with van der Waals surface area (Å²) in [5.41, 5.74) is 12.9. The van der Waals surface area contributed by atoms with Crippen molar-refractivity contribution in [3.8, 4) is 0 Å². The second-order valence-corrected chi connectivity index (χ2v) is 20.4. The van der Waals surface area contributed by atoms with Crippen molar-refractivity contribution in [2.45, 2.75) is 119 Å². The lowest BCUT2D eigenvalue weighted by atomic mass is 9.35. The van der Waals surface area contributed by atoms with Crippen LogP contribution in [0, 0.1) is 34.0 Å². The lowest BCUT2D eigenvalue weighted by Gasteiger charge is -2.70. The molecule has 1 aromatic carbocycles. The van der Waals surface area contributed by atoms with Crippen molar-refractivity contribution >= 4 is 52.3 Å². The highest BCUT2D eigenvalue weighted by molar-refractivity contribution is 7.22. The van der Waals surface area contributed by atoms with Crippen LogP contribution in [0.1, 0.15) is 117 Å². The summed E-state index contributed by atoms with van der Waals surface area (Å²) < 4.78 is 8.52. The highest BCUT2D eigenvalue weighted by atomic mass is 32.1. The van der Waals surface area contributed by atoms with Crippen molar-refractivity contribution in [3.63, 3.8) is 0 Å². The zero-order valence-electron chi connectivity index (χ0n) is 38.4. The number of nitrogens with zero attached hydrogens (tertiary/aromatic N) is 6. The number of nitrogens with one attached hydrogen (secondary N) is 2. The van der Waals surface area contributed by atoms with Gasteiger partial charge in [-0.05, 0) is 150 Å². The number of dihydropyridines is 1. The van der Waals surface area contributed by atoms with E-state index in [-0.39, 0.29) is 19.5 Å². The highest BCUT2D eigenvalue weighted by Gasteiger charge is 2.65. The average Bonchev–Trinajstić information content (AvgIpc) is 3.78. The summed E-state index contributed by atoms with van der Waals surface area (Å²) in [5, 5.41) is 39.5. The van der Waals surface area contributed by atoms with Gasteiger partial charge in [0.1, 0.15) is 23.2 Å². The van der Waals surface area contributed by atoms with Crippen molar-refractivity contribution < 1.29 is 14.9 Å². The molecule has 333 valence electrons. The predicted octanol–water partition coefficient (Wildman–Crippen LogP) is 9.75. The highest BCUT2D eigenvalue weighted by Crippen LogP contribution is 2.75. The molecule has 6 N–H and O–H groups in total. The minimum Gasteiger partial charge on any atom is -0.480 e. The number of para-hydroxylation sites is 1. The number of aliphatic imine (C=N–C) groups is 1. The molecule has 9 rings (SSSR count). The Labute approximate surface area is 375 Å². The first-order valence-corrected chi connectivity index (χ1v) is 23.2. The Hall–Kier alpha value is -4.40. The Morgan fingerprint density at radius 3 is 2.42 bits per heavy atom. The smallest absolute Gasteiger partial charge is 0.299 e. The van der Waals surface area contributed by atoms with Crippen LogP contribution in [0.2, 0.25) is 0 Å². The van der Waals surface area contributed by atoms with Gasteiger partial charge in [0.2, 0.25) is 5.13 Å². The van der Waals surface area contributed by atoms with Gasteiger partial charge in [-0.1, -0.05) is 51.2 Å². The minimum atomic E-state index is -0.801. The summed E-state index contributed by atoms with van der Waals surface area (Å²) in [6.07, 6.45) is 18.5. The first-order chi connectivity index (χ1) is 29.1. The van der Waals surface area contributed by atoms with E-state index in [0.717, 1.165) is 71.7 Å². The number of aliphatic hydroxyl groups is 2. The van der Waals surface area contributed by atoms with Crippen molar-refractivity contribution in [2.24, 2.45) is 32.4 Å². The number of piperidine rings is 1. The number of likely N-dealkylation sites (tertiary alicyclic amines) is 1. The number of allylic oxidation sites excluding steroid dienone is 3. The van der Waals surface area contributed by atoms with Crippen molar-refractivity contribution in [3.05, 3.63) is 82.5 Å². The van der Waals surface area contributed by atoms with Crippen LogP contribution in [0.25, 0.3) is 15.8 Å². The van der Waals surface area contributed by atoms with Crippen LogP contribution in [-0.2, 0) is 11.3 Å². The van der Waals surface area contributed by atoms with E-state index < -0.39 is 5.95 Å². The topological polar surface area (TPSA) is 161 Å². The standard InChI is InChI=1S/C46H63N9O3S.C2H6.B/c1-30(39(47)52-42-50-35-13-7-8-14-36(35)59-42)32-12-9-20-54(40(32)48)37-16-15-33(38(51-37)41(56)57)34-22-49-55(31(34)2)29-46-26-43(3)23-44(4,27-46)25-45(24-43,28-46)17-10-18-53(5)19-11-21-58-6;1-2;/h7-8,13-16,22,48,51,56-57H,9-12,17-21,23-29H2,1-6H3,(H2,47,50,52);1-2H3;/b32-30-,48-40?;;. The van der Waals surface area contributed by atoms with Gasteiger partial charge in [-0.25, -0.2) is 9.98 Å². The van der Waals surface area contributed by atoms with Gasteiger partial charge < -0.3 is 35.8 Å². The summed E-state index contributed by atoms with van der Waals surface area (Å²) in [4.78, 5) is 13.6. The molecule has 12 nitrogen and oxygen atoms in total. The Morgan fingerprint density at radius 2 is 1.73 bits per heavy atom. The minimum absolute atomic E-state index is 0. The van der Waals surface area contributed by atoms with Gasteiger partial charge in [0.25, 0.3) is 5.95 Å². The third-order valence-corrected chi connectivity index (χ3v) is 14.9. The Balaban J connectivity index is 0.00000211. The molecule has 3 radical (unpaired) electrons. The van der Waals surface area contributed by atoms with E-state index in [1.54, 1.807) is 7.11 Å². The van der Waals surface area contributed by atoms with Crippen molar-refractivity contribution in [1.82, 2.24) is 29.9 Å². The normalized spacial score (nSPS) is 27.7. The van der Waals surface area contributed by atoms with Gasteiger partial charge in [-0.15, -0.1) is 0 Å². The van der Waals surface area contributed by atoms with Gasteiger partial charge in [0, 0.05) is 64.2 Å². The molecule has 2 aliphatic heterocycles. The SMILES string of the molecule is CC.COCCCN(C)CCCC12CC3(C)CC(C)(C1)CC(Cn1ncc(C4=CC=C(N5CCC/C(=C(C)/C(N)=N\c6nc7ccccc7s6)C5=N)NC4=C(O)O)c1C)(C3)C2.[B]. The number of rotatable bonds is 14. The van der Waals surface area contributed by atoms with Crippen LogP contribution in [-0.4, -0.2) is 95.3 Å². The number of benzene rings is 1. The van der Waals surface area contributed by atoms with E-state index in [1.807, 2.05) is 68.3 Å². The molecular formula is C48H69BN9O3S. The zero-order valence-corrected chi connectivity index (χ0v) is 39.2. The molecule has 4 bridgehead atoms. The average molecular weight is 863 g/mol. The molecule has 6 aliphatic rings. The molecule has 0 spiro atoms. The van der Waals surface area contributed by atoms with E-state index in [9.17, 15) is 15.6 Å². The summed E-state index contributed by atoms with van der Waals surface area (Å²) >= 11 is 1.48. The molecule has 2 unspecified atom stereocenters. The molecule has 5 fully saturated rings. The fraction of sp³-hybridized carbons (Fsp3) is 0.583. The van der Waals surface area contributed by atoms with Crippen LogP contribution >= 0.6 is 11.3 Å². The third kappa shape index (κ3) is 9.57. The number of aromatic nitrogens is 3. The van der Waals surface area contributed by atoms with Gasteiger partial charge >= 0.3 is 0 Å². The van der Waals surface area contributed by atoms with Crippen LogP contribution in [0.4, 0.5) is 5.13 Å². The summed E-state index contributed by atoms with van der Waals surface area (Å²) in [5.74, 6) is 0.429. The van der Waals surface area contributed by atoms with E-state index in [2.05, 4.69) is 52.7 Å². The number of thiazole rings is 1. The van der Waals surface area contributed by atoms with Gasteiger partial charge in [0.05, 0.1) is 16.4 Å². The second kappa shape index (κ2) is 18.8. The number of methoxy groups -OCH3 is 1. The molecule has 4 saturated carbocycles. The predicted molar refractivity (Wildman–Crippen MR) is 255 cm³/mol. The van der Waals surface area contributed by atoms with E-state index in [1.165, 1.54) is 62.7 Å². The monoisotopic (exact) mass is 863 g/mol. The van der Waals surface area contributed by atoms with Crippen molar-refractivity contribution in [2.75, 3.05) is 40.4 Å². The number of aliphatic hydroxyl groups excluding tert-OH is 1. The van der Waals surface area contributed by atoms with E-state index in [4.69, 9.17) is 15.6 Å². The number of fused-ring (bicyclic) bond motifs is 1. The van der Waals surface area contributed by atoms with Crippen LogP contribution in [0.15, 0.2) is 76.2 Å². The maximum absolute atomic E-state index is 10.7. The van der Waals surface area contributed by atoms with Gasteiger partial charge in [0.15, 0.2) is 0 Å². The molecule has 14 heteroatoms. The molecule has 2 atom stereocenters. The maximum atomic E-state index is 10.7. The third-order valence-electron chi connectivity index (χ3n) is 14.0. The molecule has 4 aliphatic carbocycles. The maximum Gasteiger partial charge on any atom is 0.299 e. The van der Waals surface area contributed by atoms with E-state index >= 15 is 0 Å². The Kier molecular flexibility index (Phi) is 14.2. The fourth-order valence-electron chi connectivity index (χ4n) is 12.8.